The normalized spacial score (nSPS) is 8.93. The van der Waals surface area contributed by atoms with E-state index >= 15 is 0 Å². The van der Waals surface area contributed by atoms with E-state index in [-0.39, 0.29) is 5.48 Å². The topological polar surface area (TPSA) is 65.6 Å². The number of aldehydes is 1. The van der Waals surface area contributed by atoms with Crippen LogP contribution in [-0.4, -0.2) is 17.5 Å². The lowest BCUT2D eigenvalue weighted by Crippen LogP contribution is -1.99. The second kappa shape index (κ2) is 6.05. The van der Waals surface area contributed by atoms with Gasteiger partial charge in [-0.05, 0) is 12.0 Å². The third kappa shape index (κ3) is 3.11. The molecule has 0 amide bonds. The van der Waals surface area contributed by atoms with Crippen LogP contribution in [-0.2, 0) is 11.2 Å². The number of aryl methyl sites for hydroxylation is 1. The van der Waals surface area contributed by atoms with E-state index in [0.717, 1.165) is 12.8 Å². The van der Waals surface area contributed by atoms with Gasteiger partial charge in [0.25, 0.3) is 0 Å². The van der Waals surface area contributed by atoms with E-state index in [1.165, 1.54) is 5.56 Å². The summed E-state index contributed by atoms with van der Waals surface area (Å²) < 4.78 is 0. The van der Waals surface area contributed by atoms with Gasteiger partial charge in [0.1, 0.15) is 0 Å². The fourth-order valence-electron chi connectivity index (χ4n) is 1.19. The highest BCUT2D eigenvalue weighted by molar-refractivity contribution is 6.33. The van der Waals surface area contributed by atoms with Crippen LogP contribution in [0.15, 0.2) is 24.3 Å². The largest absolute Gasteiger partial charge is 0.412 e. The van der Waals surface area contributed by atoms with Crippen molar-refractivity contribution in [1.82, 2.24) is 0 Å². The molecule has 2 N–H and O–H groups in total. The summed E-state index contributed by atoms with van der Waals surface area (Å²) in [7, 11) is 0. The van der Waals surface area contributed by atoms with Crippen LogP contribution in [0.2, 0.25) is 0 Å². The van der Waals surface area contributed by atoms with Crippen LogP contribution in [0.25, 0.3) is 0 Å². The van der Waals surface area contributed by atoms with Crippen LogP contribution in [0.5, 0.6) is 0 Å². The molecule has 0 saturated carbocycles. The Labute approximate surface area is 83.1 Å². The Morgan fingerprint density at radius 1 is 1.29 bits per heavy atom. The zero-order chi connectivity index (χ0) is 9.68. The maximum absolute atomic E-state index is 10.9. The number of hydrogen-bond donors (Lipinski definition) is 0. The summed E-state index contributed by atoms with van der Waals surface area (Å²) in [6.45, 7) is 2.10. The van der Waals surface area contributed by atoms with E-state index in [9.17, 15) is 9.59 Å². The second-order valence-electron chi connectivity index (χ2n) is 2.93. The molecule has 0 heterocycles. The average molecular weight is 194 g/mol. The molecule has 0 atom stereocenters. The van der Waals surface area contributed by atoms with Crippen molar-refractivity contribution < 1.29 is 15.1 Å². The zero-order valence-corrected chi connectivity index (χ0v) is 8.12. The molecule has 0 spiro atoms. The molecule has 0 aliphatic carbocycles. The van der Waals surface area contributed by atoms with E-state index < -0.39 is 5.78 Å². The second-order valence-corrected chi connectivity index (χ2v) is 2.93. The summed E-state index contributed by atoms with van der Waals surface area (Å²) in [6.07, 6.45) is 2.44. The van der Waals surface area contributed by atoms with Crippen LogP contribution in [0.3, 0.4) is 0 Å². The molecule has 0 fully saturated rings. The van der Waals surface area contributed by atoms with Crippen LogP contribution in [0, 0.1) is 0 Å². The summed E-state index contributed by atoms with van der Waals surface area (Å²) in [5, 5.41) is 0. The Hall–Kier alpha value is -1.48. The number of rotatable bonds is 4. The van der Waals surface area contributed by atoms with Gasteiger partial charge < -0.3 is 5.48 Å². The predicted octanol–water partition coefficient (Wildman–Crippen LogP) is 1.20. The molecular weight excluding hydrogens is 180 g/mol. The molecule has 0 aromatic heterocycles. The van der Waals surface area contributed by atoms with E-state index in [4.69, 9.17) is 0 Å². The molecule has 0 unspecified atom stereocenters. The first-order valence-electron chi connectivity index (χ1n) is 4.36. The van der Waals surface area contributed by atoms with Crippen molar-refractivity contribution in [2.45, 2.75) is 19.8 Å². The first-order valence-corrected chi connectivity index (χ1v) is 4.36. The first kappa shape index (κ1) is 12.5. The van der Waals surface area contributed by atoms with Gasteiger partial charge in [-0.1, -0.05) is 37.6 Å². The standard InChI is InChI=1S/C11H12O2.H2O/c1-2-3-9-4-6-10(7-5-9)11(13)8-12;/h4-8H,2-3H2,1H3;1H2. The van der Waals surface area contributed by atoms with Gasteiger partial charge in [0.15, 0.2) is 6.29 Å². The van der Waals surface area contributed by atoms with Crippen molar-refractivity contribution in [2.75, 3.05) is 0 Å². The molecule has 0 saturated heterocycles. The quantitative estimate of drug-likeness (QED) is 0.410. The Kier molecular flexibility index (Phi) is 5.41. The Morgan fingerprint density at radius 2 is 1.86 bits per heavy atom. The summed E-state index contributed by atoms with van der Waals surface area (Å²) in [5.41, 5.74) is 1.67. The highest BCUT2D eigenvalue weighted by Gasteiger charge is 2.02. The van der Waals surface area contributed by atoms with Gasteiger partial charge in [0.2, 0.25) is 5.78 Å². The van der Waals surface area contributed by atoms with Crippen molar-refractivity contribution in [3.05, 3.63) is 35.4 Å². The van der Waals surface area contributed by atoms with Gasteiger partial charge in [-0.2, -0.15) is 0 Å². The number of Topliss-reactive ketones (excluding diaryl/α,β-unsaturated/α-hetero) is 1. The van der Waals surface area contributed by atoms with Crippen molar-refractivity contribution in [3.63, 3.8) is 0 Å². The molecule has 0 aliphatic heterocycles. The number of carbonyl (C=O) groups excluding carboxylic acids is 2. The van der Waals surface area contributed by atoms with Gasteiger partial charge in [0, 0.05) is 5.56 Å². The highest BCUT2D eigenvalue weighted by atomic mass is 16.2. The fraction of sp³-hybridized carbons (Fsp3) is 0.273. The minimum Gasteiger partial charge on any atom is -0.412 e. The Bertz CT molecular complexity index is 301. The van der Waals surface area contributed by atoms with E-state index in [0.29, 0.717) is 11.8 Å². The molecule has 76 valence electrons. The fourth-order valence-corrected chi connectivity index (χ4v) is 1.19. The molecule has 1 aromatic carbocycles. The van der Waals surface area contributed by atoms with Gasteiger partial charge in [-0.15, -0.1) is 0 Å². The molecular formula is C11H14O3. The minimum atomic E-state index is -0.456. The molecule has 3 nitrogen and oxygen atoms in total. The lowest BCUT2D eigenvalue weighted by molar-refractivity contribution is -0.104. The van der Waals surface area contributed by atoms with Crippen LogP contribution >= 0.6 is 0 Å². The number of benzene rings is 1. The third-order valence-corrected chi connectivity index (χ3v) is 1.88. The Morgan fingerprint density at radius 3 is 2.29 bits per heavy atom. The number of carbonyl (C=O) groups is 2. The van der Waals surface area contributed by atoms with Crippen molar-refractivity contribution in [3.8, 4) is 0 Å². The van der Waals surface area contributed by atoms with Crippen LogP contribution in [0.1, 0.15) is 29.3 Å². The molecule has 0 aliphatic rings. The maximum atomic E-state index is 10.9. The number of ketones is 1. The molecule has 0 bridgehead atoms. The maximum Gasteiger partial charge on any atom is 0.225 e. The molecule has 1 rings (SSSR count). The van der Waals surface area contributed by atoms with Crippen molar-refractivity contribution in [1.29, 1.82) is 0 Å². The lowest BCUT2D eigenvalue weighted by atomic mass is 10.1. The summed E-state index contributed by atoms with van der Waals surface area (Å²) >= 11 is 0. The monoisotopic (exact) mass is 194 g/mol. The first-order chi connectivity index (χ1) is 6.27. The smallest absolute Gasteiger partial charge is 0.225 e. The van der Waals surface area contributed by atoms with E-state index in [1.807, 2.05) is 12.1 Å². The van der Waals surface area contributed by atoms with Gasteiger partial charge in [-0.25, -0.2) is 0 Å². The zero-order valence-electron chi connectivity index (χ0n) is 8.12. The summed E-state index contributed by atoms with van der Waals surface area (Å²) in [5.74, 6) is -0.456. The van der Waals surface area contributed by atoms with E-state index in [2.05, 4.69) is 6.92 Å². The van der Waals surface area contributed by atoms with Gasteiger partial charge in [0.05, 0.1) is 0 Å². The molecule has 14 heavy (non-hydrogen) atoms. The predicted molar refractivity (Wildman–Crippen MR) is 54.4 cm³/mol. The van der Waals surface area contributed by atoms with Gasteiger partial charge >= 0.3 is 0 Å². The third-order valence-electron chi connectivity index (χ3n) is 1.88. The summed E-state index contributed by atoms with van der Waals surface area (Å²) in [4.78, 5) is 21.1. The minimum absolute atomic E-state index is 0. The average Bonchev–Trinajstić information content (AvgIpc) is 2.18. The number of hydrogen-bond acceptors (Lipinski definition) is 2. The van der Waals surface area contributed by atoms with Crippen LogP contribution < -0.4 is 0 Å². The lowest BCUT2D eigenvalue weighted by Gasteiger charge is -1.98. The molecule has 0 radical (unpaired) electrons. The van der Waals surface area contributed by atoms with Crippen molar-refractivity contribution in [2.24, 2.45) is 0 Å². The molecule has 3 heteroatoms. The summed E-state index contributed by atoms with van der Waals surface area (Å²) in [6, 6.07) is 7.17. The SMILES string of the molecule is CCCc1ccc(C(=O)C=O)cc1.O. The van der Waals surface area contributed by atoms with Crippen molar-refractivity contribution >= 4 is 12.1 Å². The van der Waals surface area contributed by atoms with Crippen LogP contribution in [0.4, 0.5) is 0 Å². The highest BCUT2D eigenvalue weighted by Crippen LogP contribution is 2.06. The van der Waals surface area contributed by atoms with Gasteiger partial charge in [-0.3, -0.25) is 9.59 Å². The van der Waals surface area contributed by atoms with E-state index in [1.54, 1.807) is 12.1 Å². The Balaban J connectivity index is 0.00000169. The molecule has 1 aromatic rings.